The molecule has 0 spiro atoms. The van der Waals surface area contributed by atoms with Gasteiger partial charge in [-0.25, -0.2) is 4.99 Å². The zero-order valence-electron chi connectivity index (χ0n) is 14.6. The average Bonchev–Trinajstić information content (AvgIpc) is 3.01. The number of nitrogens with zero attached hydrogens (tertiary/aromatic N) is 1. The minimum absolute atomic E-state index is 0.392. The van der Waals surface area contributed by atoms with E-state index in [4.69, 9.17) is 9.47 Å². The van der Waals surface area contributed by atoms with Crippen LogP contribution < -0.4 is 20.1 Å². The third-order valence-corrected chi connectivity index (χ3v) is 4.92. The molecule has 1 aliphatic heterocycles. The normalized spacial score (nSPS) is 20.8. The van der Waals surface area contributed by atoms with E-state index in [0.29, 0.717) is 30.6 Å². The highest BCUT2D eigenvalue weighted by molar-refractivity contribution is 7.99. The van der Waals surface area contributed by atoms with Crippen LogP contribution in [0.25, 0.3) is 0 Å². The monoisotopic (exact) mass is 353 g/mol. The SMILES string of the molecule is CCNC(=NCC1(O)CCSC1)Nc1ccc(OCC)c(OC)c1. The fourth-order valence-corrected chi connectivity index (χ4v) is 3.70. The Balaban J connectivity index is 2.09. The zero-order chi connectivity index (χ0) is 17.4. The highest BCUT2D eigenvalue weighted by atomic mass is 32.2. The van der Waals surface area contributed by atoms with Crippen LogP contribution in [0.5, 0.6) is 11.5 Å². The van der Waals surface area contributed by atoms with Crippen LogP contribution in [0.1, 0.15) is 20.3 Å². The van der Waals surface area contributed by atoms with Crippen molar-refractivity contribution in [3.05, 3.63) is 18.2 Å². The number of thioether (sulfide) groups is 1. The van der Waals surface area contributed by atoms with Crippen molar-refractivity contribution in [3.8, 4) is 11.5 Å². The molecule has 0 radical (unpaired) electrons. The molecule has 1 aromatic rings. The summed E-state index contributed by atoms with van der Waals surface area (Å²) in [5.74, 6) is 3.76. The fraction of sp³-hybridized carbons (Fsp3) is 0.588. The molecule has 1 unspecified atom stereocenters. The molecule has 134 valence electrons. The van der Waals surface area contributed by atoms with Gasteiger partial charge >= 0.3 is 0 Å². The van der Waals surface area contributed by atoms with Gasteiger partial charge in [0.1, 0.15) is 0 Å². The van der Waals surface area contributed by atoms with Crippen molar-refractivity contribution in [1.29, 1.82) is 0 Å². The van der Waals surface area contributed by atoms with Crippen LogP contribution in [0.3, 0.4) is 0 Å². The summed E-state index contributed by atoms with van der Waals surface area (Å²) in [6.07, 6.45) is 0.789. The Labute approximate surface area is 148 Å². The van der Waals surface area contributed by atoms with Crippen LogP contribution in [0, 0.1) is 0 Å². The molecule has 24 heavy (non-hydrogen) atoms. The van der Waals surface area contributed by atoms with E-state index in [1.807, 2.05) is 32.0 Å². The van der Waals surface area contributed by atoms with Gasteiger partial charge in [-0.3, -0.25) is 0 Å². The molecule has 0 aliphatic carbocycles. The molecule has 7 heteroatoms. The van der Waals surface area contributed by atoms with E-state index in [0.717, 1.165) is 30.2 Å². The Hall–Kier alpha value is -1.60. The van der Waals surface area contributed by atoms with Gasteiger partial charge in [-0.2, -0.15) is 11.8 Å². The van der Waals surface area contributed by atoms with E-state index in [9.17, 15) is 5.11 Å². The third kappa shape index (κ3) is 5.21. The van der Waals surface area contributed by atoms with Gasteiger partial charge < -0.3 is 25.2 Å². The largest absolute Gasteiger partial charge is 0.493 e. The molecule has 0 saturated carbocycles. The highest BCUT2D eigenvalue weighted by Gasteiger charge is 2.31. The van der Waals surface area contributed by atoms with Crippen molar-refractivity contribution in [3.63, 3.8) is 0 Å². The van der Waals surface area contributed by atoms with Crippen LogP contribution in [0.15, 0.2) is 23.2 Å². The van der Waals surface area contributed by atoms with Crippen LogP contribution in [0.2, 0.25) is 0 Å². The third-order valence-electron chi connectivity index (χ3n) is 3.68. The number of hydrogen-bond donors (Lipinski definition) is 3. The number of guanidine groups is 1. The van der Waals surface area contributed by atoms with E-state index in [1.165, 1.54) is 0 Å². The minimum atomic E-state index is -0.691. The molecule has 1 heterocycles. The van der Waals surface area contributed by atoms with Gasteiger partial charge in [0.05, 0.1) is 25.9 Å². The number of hydrogen-bond acceptors (Lipinski definition) is 5. The molecule has 0 aromatic heterocycles. The first-order valence-electron chi connectivity index (χ1n) is 8.26. The highest BCUT2D eigenvalue weighted by Crippen LogP contribution is 2.30. The summed E-state index contributed by atoms with van der Waals surface area (Å²) in [4.78, 5) is 4.54. The minimum Gasteiger partial charge on any atom is -0.493 e. The van der Waals surface area contributed by atoms with E-state index in [2.05, 4.69) is 15.6 Å². The number of benzene rings is 1. The molecule has 3 N–H and O–H groups in total. The van der Waals surface area contributed by atoms with Crippen LogP contribution in [-0.4, -0.2) is 55.0 Å². The fourth-order valence-electron chi connectivity index (χ4n) is 2.41. The molecule has 0 amide bonds. The second-order valence-electron chi connectivity index (χ2n) is 5.65. The Morgan fingerprint density at radius 2 is 2.21 bits per heavy atom. The Morgan fingerprint density at radius 3 is 2.83 bits per heavy atom. The molecule has 1 saturated heterocycles. The second kappa shape index (κ2) is 9.03. The van der Waals surface area contributed by atoms with Gasteiger partial charge in [0.15, 0.2) is 17.5 Å². The predicted molar refractivity (Wildman–Crippen MR) is 101 cm³/mol. The predicted octanol–water partition coefficient (Wildman–Crippen LogP) is 2.34. The Kier molecular flexibility index (Phi) is 7.05. The summed E-state index contributed by atoms with van der Waals surface area (Å²) < 4.78 is 10.9. The number of aliphatic hydroxyl groups is 1. The van der Waals surface area contributed by atoms with Crippen molar-refractivity contribution in [2.75, 3.05) is 43.6 Å². The summed E-state index contributed by atoms with van der Waals surface area (Å²) in [7, 11) is 1.62. The van der Waals surface area contributed by atoms with Gasteiger partial charge in [0.25, 0.3) is 0 Å². The van der Waals surface area contributed by atoms with Crippen LogP contribution in [-0.2, 0) is 0 Å². The smallest absolute Gasteiger partial charge is 0.195 e. The lowest BCUT2D eigenvalue weighted by Gasteiger charge is -2.20. The maximum Gasteiger partial charge on any atom is 0.195 e. The lowest BCUT2D eigenvalue weighted by molar-refractivity contribution is 0.0779. The zero-order valence-corrected chi connectivity index (χ0v) is 15.4. The summed E-state index contributed by atoms with van der Waals surface area (Å²) in [6.45, 7) is 5.67. The molecular formula is C17H27N3O3S. The molecule has 1 atom stereocenters. The van der Waals surface area contributed by atoms with E-state index < -0.39 is 5.60 Å². The first kappa shape index (κ1) is 18.7. The van der Waals surface area contributed by atoms with E-state index in [-0.39, 0.29) is 0 Å². The van der Waals surface area contributed by atoms with Gasteiger partial charge in [0, 0.05) is 24.1 Å². The van der Waals surface area contributed by atoms with E-state index in [1.54, 1.807) is 18.9 Å². The molecule has 2 rings (SSSR count). The van der Waals surface area contributed by atoms with Crippen molar-refractivity contribution < 1.29 is 14.6 Å². The Morgan fingerprint density at radius 1 is 1.38 bits per heavy atom. The standard InChI is InChI=1S/C17H27N3O3S/c1-4-18-16(19-11-17(21)8-9-24-12-17)20-13-6-7-14(23-5-2)15(10-13)22-3/h6-7,10,21H,4-5,8-9,11-12H2,1-3H3,(H2,18,19,20). The summed E-state index contributed by atoms with van der Waals surface area (Å²) in [5, 5.41) is 16.9. The number of ether oxygens (including phenoxy) is 2. The molecule has 0 bridgehead atoms. The first-order valence-corrected chi connectivity index (χ1v) is 9.42. The number of nitrogens with one attached hydrogen (secondary N) is 2. The maximum absolute atomic E-state index is 10.4. The van der Waals surface area contributed by atoms with Crippen molar-refractivity contribution in [2.24, 2.45) is 4.99 Å². The van der Waals surface area contributed by atoms with Crippen LogP contribution in [0.4, 0.5) is 5.69 Å². The molecule has 1 fully saturated rings. The number of methoxy groups -OCH3 is 1. The molecule has 1 aromatic carbocycles. The van der Waals surface area contributed by atoms with Crippen molar-refractivity contribution in [2.45, 2.75) is 25.9 Å². The Bertz CT molecular complexity index is 560. The number of aliphatic imine (C=N–C) groups is 1. The molecule has 1 aliphatic rings. The van der Waals surface area contributed by atoms with Crippen molar-refractivity contribution in [1.82, 2.24) is 5.32 Å². The maximum atomic E-state index is 10.4. The lowest BCUT2D eigenvalue weighted by Crippen LogP contribution is -2.36. The molecular weight excluding hydrogens is 326 g/mol. The average molecular weight is 353 g/mol. The molecule has 6 nitrogen and oxygen atoms in total. The second-order valence-corrected chi connectivity index (χ2v) is 6.75. The summed E-state index contributed by atoms with van der Waals surface area (Å²) in [6, 6.07) is 5.66. The van der Waals surface area contributed by atoms with Crippen LogP contribution >= 0.6 is 11.8 Å². The summed E-state index contributed by atoms with van der Waals surface area (Å²) in [5.41, 5.74) is 0.159. The topological polar surface area (TPSA) is 75.1 Å². The van der Waals surface area contributed by atoms with Gasteiger partial charge in [-0.15, -0.1) is 0 Å². The van der Waals surface area contributed by atoms with Crippen molar-refractivity contribution >= 4 is 23.4 Å². The summed E-state index contributed by atoms with van der Waals surface area (Å²) >= 11 is 1.77. The quantitative estimate of drug-likeness (QED) is 0.516. The van der Waals surface area contributed by atoms with Gasteiger partial charge in [-0.05, 0) is 38.2 Å². The number of anilines is 1. The lowest BCUT2D eigenvalue weighted by atomic mass is 10.1. The number of rotatable bonds is 7. The van der Waals surface area contributed by atoms with E-state index >= 15 is 0 Å². The van der Waals surface area contributed by atoms with Gasteiger partial charge in [-0.1, -0.05) is 0 Å². The van der Waals surface area contributed by atoms with Gasteiger partial charge in [0.2, 0.25) is 0 Å². The first-order chi connectivity index (χ1) is 11.6.